The number of hydrogen-bond acceptors (Lipinski definition) is 5. The monoisotopic (exact) mass is 364 g/mol. The van der Waals surface area contributed by atoms with Crippen LogP contribution in [0.5, 0.6) is 0 Å². The fourth-order valence-corrected chi connectivity index (χ4v) is 3.18. The summed E-state index contributed by atoms with van der Waals surface area (Å²) in [5, 5.41) is 0. The molecule has 1 aliphatic carbocycles. The first kappa shape index (κ1) is 19.9. The van der Waals surface area contributed by atoms with Crippen molar-refractivity contribution in [3.05, 3.63) is 48.2 Å². The Bertz CT molecular complexity index is 630. The molecule has 0 amide bonds. The highest BCUT2D eigenvalue weighted by Gasteiger charge is 2.45. The zero-order chi connectivity index (χ0) is 19.1. The van der Waals surface area contributed by atoms with Gasteiger partial charge in [-0.25, -0.2) is 9.18 Å². The number of carbonyl (C=O) groups excluding carboxylic acids is 2. The van der Waals surface area contributed by atoms with Crippen LogP contribution in [0.1, 0.15) is 37.0 Å². The van der Waals surface area contributed by atoms with Gasteiger partial charge in [-0.1, -0.05) is 24.8 Å². The maximum Gasteiger partial charge on any atom is 0.338 e. The summed E-state index contributed by atoms with van der Waals surface area (Å²) < 4.78 is 30.5. The Labute approximate surface area is 153 Å². The Hall–Kier alpha value is -2.37. The second kappa shape index (κ2) is 9.36. The van der Waals surface area contributed by atoms with Crippen LogP contribution in [0.4, 0.5) is 4.39 Å². The van der Waals surface area contributed by atoms with Gasteiger partial charge in [0, 0.05) is 5.92 Å². The lowest BCUT2D eigenvalue weighted by Gasteiger charge is -2.37. The van der Waals surface area contributed by atoms with Crippen molar-refractivity contribution in [2.45, 2.75) is 39.0 Å². The third-order valence-electron chi connectivity index (χ3n) is 4.46. The highest BCUT2D eigenvalue weighted by Crippen LogP contribution is 2.39. The van der Waals surface area contributed by atoms with Crippen molar-refractivity contribution in [2.75, 3.05) is 13.2 Å². The fourth-order valence-electron chi connectivity index (χ4n) is 3.18. The van der Waals surface area contributed by atoms with Crippen molar-refractivity contribution in [1.29, 1.82) is 0 Å². The molecule has 6 heteroatoms. The summed E-state index contributed by atoms with van der Waals surface area (Å²) >= 11 is 0. The smallest absolute Gasteiger partial charge is 0.338 e. The van der Waals surface area contributed by atoms with Crippen LogP contribution in [0.15, 0.2) is 42.7 Å². The lowest BCUT2D eigenvalue weighted by molar-refractivity contribution is -0.154. The lowest BCUT2D eigenvalue weighted by atomic mass is 9.76. The van der Waals surface area contributed by atoms with E-state index in [1.54, 1.807) is 44.2 Å². The standard InChI is InChI=1S/C20H25FO5/c1-4-24-13(3)15-12-18(17(21)11-16(15)20(23)25-5-2)26-19(22)14-9-7-6-8-10-14/h6-10,15-18H,3-5,11-12H2,1-2H3. The van der Waals surface area contributed by atoms with Gasteiger partial charge in [-0.3, -0.25) is 4.79 Å². The molecule has 5 nitrogen and oxygen atoms in total. The first-order chi connectivity index (χ1) is 12.5. The van der Waals surface area contributed by atoms with Crippen LogP contribution in [0, 0.1) is 11.8 Å². The van der Waals surface area contributed by atoms with E-state index in [9.17, 15) is 14.0 Å². The first-order valence-electron chi connectivity index (χ1n) is 8.86. The predicted molar refractivity (Wildman–Crippen MR) is 94.2 cm³/mol. The van der Waals surface area contributed by atoms with E-state index in [2.05, 4.69) is 6.58 Å². The molecule has 1 aromatic rings. The van der Waals surface area contributed by atoms with Crippen molar-refractivity contribution in [1.82, 2.24) is 0 Å². The highest BCUT2D eigenvalue weighted by molar-refractivity contribution is 5.89. The summed E-state index contributed by atoms with van der Waals surface area (Å²) in [6.45, 7) is 7.97. The van der Waals surface area contributed by atoms with Crippen LogP contribution in [-0.2, 0) is 19.0 Å². The Kier molecular flexibility index (Phi) is 7.18. The number of esters is 2. The average molecular weight is 364 g/mol. The molecule has 1 aliphatic rings. The number of alkyl halides is 1. The SMILES string of the molecule is C=C(OCC)C1CC(OC(=O)c2ccccc2)C(F)CC1C(=O)OCC. The van der Waals surface area contributed by atoms with Crippen molar-refractivity contribution in [3.8, 4) is 0 Å². The summed E-state index contributed by atoms with van der Waals surface area (Å²) in [5.74, 6) is -1.84. The van der Waals surface area contributed by atoms with E-state index in [0.29, 0.717) is 17.9 Å². The number of allylic oxidation sites excluding steroid dienone is 1. The number of hydrogen-bond donors (Lipinski definition) is 0. The Morgan fingerprint density at radius 2 is 1.73 bits per heavy atom. The summed E-state index contributed by atoms with van der Waals surface area (Å²) in [6.07, 6.45) is -2.39. The van der Waals surface area contributed by atoms with E-state index < -0.39 is 36.1 Å². The van der Waals surface area contributed by atoms with Crippen LogP contribution in [0.3, 0.4) is 0 Å². The van der Waals surface area contributed by atoms with E-state index in [1.165, 1.54) is 0 Å². The molecule has 0 aromatic heterocycles. The zero-order valence-corrected chi connectivity index (χ0v) is 15.2. The first-order valence-corrected chi connectivity index (χ1v) is 8.86. The molecule has 0 spiro atoms. The Balaban J connectivity index is 2.13. The van der Waals surface area contributed by atoms with Gasteiger partial charge in [0.05, 0.1) is 30.5 Å². The predicted octanol–water partition coefficient (Wildman–Crippen LogP) is 3.69. The quantitative estimate of drug-likeness (QED) is 0.545. The van der Waals surface area contributed by atoms with Gasteiger partial charge in [0.1, 0.15) is 12.3 Å². The van der Waals surface area contributed by atoms with Gasteiger partial charge < -0.3 is 14.2 Å². The minimum atomic E-state index is -1.46. The molecular formula is C20H25FO5. The molecule has 0 heterocycles. The molecule has 1 saturated carbocycles. The molecule has 0 radical (unpaired) electrons. The zero-order valence-electron chi connectivity index (χ0n) is 15.2. The van der Waals surface area contributed by atoms with Gasteiger partial charge in [0.25, 0.3) is 0 Å². The van der Waals surface area contributed by atoms with Crippen molar-refractivity contribution in [3.63, 3.8) is 0 Å². The van der Waals surface area contributed by atoms with Crippen LogP contribution < -0.4 is 0 Å². The molecule has 0 saturated heterocycles. The minimum absolute atomic E-state index is 0.0949. The number of carbonyl (C=O) groups is 2. The number of rotatable bonds is 7. The van der Waals surface area contributed by atoms with E-state index in [-0.39, 0.29) is 19.4 Å². The van der Waals surface area contributed by atoms with Gasteiger partial charge in [0.2, 0.25) is 0 Å². The van der Waals surface area contributed by atoms with E-state index in [1.807, 2.05) is 0 Å². The normalized spacial score (nSPS) is 25.2. The maximum absolute atomic E-state index is 14.6. The second-order valence-corrected chi connectivity index (χ2v) is 6.16. The summed E-state index contributed by atoms with van der Waals surface area (Å²) in [7, 11) is 0. The lowest BCUT2D eigenvalue weighted by Crippen LogP contribution is -2.43. The third-order valence-corrected chi connectivity index (χ3v) is 4.46. The molecule has 1 fully saturated rings. The van der Waals surface area contributed by atoms with Crippen molar-refractivity contribution in [2.24, 2.45) is 11.8 Å². The van der Waals surface area contributed by atoms with Crippen LogP contribution >= 0.6 is 0 Å². The third kappa shape index (κ3) is 4.84. The molecule has 0 N–H and O–H groups in total. The van der Waals surface area contributed by atoms with E-state index in [0.717, 1.165) is 0 Å². The fraction of sp³-hybridized carbons (Fsp3) is 0.500. The topological polar surface area (TPSA) is 61.8 Å². The molecule has 4 atom stereocenters. The van der Waals surface area contributed by atoms with Gasteiger partial charge in [-0.05, 0) is 38.8 Å². The molecule has 4 unspecified atom stereocenters. The second-order valence-electron chi connectivity index (χ2n) is 6.16. The molecule has 0 bridgehead atoms. The van der Waals surface area contributed by atoms with Crippen molar-refractivity contribution < 1.29 is 28.2 Å². The number of ether oxygens (including phenoxy) is 3. The summed E-state index contributed by atoms with van der Waals surface area (Å²) in [5.41, 5.74) is 0.354. The van der Waals surface area contributed by atoms with Crippen LogP contribution in [0.25, 0.3) is 0 Å². The number of halogens is 1. The van der Waals surface area contributed by atoms with Gasteiger partial charge >= 0.3 is 11.9 Å². The average Bonchev–Trinajstić information content (AvgIpc) is 2.64. The highest BCUT2D eigenvalue weighted by atomic mass is 19.1. The molecular weight excluding hydrogens is 339 g/mol. The molecule has 1 aromatic carbocycles. The minimum Gasteiger partial charge on any atom is -0.499 e. The van der Waals surface area contributed by atoms with Crippen LogP contribution in [0.2, 0.25) is 0 Å². The summed E-state index contributed by atoms with van der Waals surface area (Å²) in [6, 6.07) is 8.41. The molecule has 2 rings (SSSR count). The Morgan fingerprint density at radius 3 is 2.35 bits per heavy atom. The maximum atomic E-state index is 14.6. The van der Waals surface area contributed by atoms with E-state index in [4.69, 9.17) is 14.2 Å². The summed E-state index contributed by atoms with van der Waals surface area (Å²) in [4.78, 5) is 24.5. The van der Waals surface area contributed by atoms with Crippen LogP contribution in [-0.4, -0.2) is 37.4 Å². The van der Waals surface area contributed by atoms with Gasteiger partial charge in [-0.2, -0.15) is 0 Å². The van der Waals surface area contributed by atoms with E-state index >= 15 is 0 Å². The van der Waals surface area contributed by atoms with Crippen molar-refractivity contribution >= 4 is 11.9 Å². The molecule has 26 heavy (non-hydrogen) atoms. The van der Waals surface area contributed by atoms with Gasteiger partial charge in [-0.15, -0.1) is 0 Å². The molecule has 142 valence electrons. The molecule has 0 aliphatic heterocycles. The Morgan fingerprint density at radius 1 is 1.08 bits per heavy atom. The van der Waals surface area contributed by atoms with Gasteiger partial charge in [0.15, 0.2) is 0 Å². The number of benzene rings is 1. The largest absolute Gasteiger partial charge is 0.499 e.